The Morgan fingerprint density at radius 1 is 1.33 bits per heavy atom. The zero-order valence-electron chi connectivity index (χ0n) is 11.2. The Balaban J connectivity index is 2.34. The van der Waals surface area contributed by atoms with Gasteiger partial charge in [-0.15, -0.1) is 0 Å². The largest absolute Gasteiger partial charge is 0.380 e. The summed E-state index contributed by atoms with van der Waals surface area (Å²) in [4.78, 5) is 0. The van der Waals surface area contributed by atoms with E-state index in [-0.39, 0.29) is 11.9 Å². The van der Waals surface area contributed by atoms with Gasteiger partial charge in [0.25, 0.3) is 0 Å². The SMILES string of the molecule is CC(C)COCCNC(C)c1ccc(Br)cc1F. The van der Waals surface area contributed by atoms with E-state index < -0.39 is 0 Å². The van der Waals surface area contributed by atoms with Crippen LogP contribution in [0, 0.1) is 11.7 Å². The molecule has 0 spiro atoms. The minimum Gasteiger partial charge on any atom is -0.380 e. The van der Waals surface area contributed by atoms with Crippen molar-refractivity contribution < 1.29 is 9.13 Å². The Morgan fingerprint density at radius 3 is 2.67 bits per heavy atom. The molecule has 102 valence electrons. The minimum atomic E-state index is -0.188. The highest BCUT2D eigenvalue weighted by Crippen LogP contribution is 2.20. The van der Waals surface area contributed by atoms with Gasteiger partial charge in [0.2, 0.25) is 0 Å². The molecule has 0 bridgehead atoms. The molecule has 1 rings (SSSR count). The second-order valence-corrected chi connectivity index (χ2v) is 5.73. The molecule has 1 atom stereocenters. The second-order valence-electron chi connectivity index (χ2n) is 4.81. The zero-order chi connectivity index (χ0) is 13.5. The first kappa shape index (κ1) is 15.6. The molecule has 0 aliphatic rings. The van der Waals surface area contributed by atoms with Crippen LogP contribution in [0.1, 0.15) is 32.4 Å². The first-order valence-electron chi connectivity index (χ1n) is 6.26. The lowest BCUT2D eigenvalue weighted by Crippen LogP contribution is -2.24. The maximum atomic E-state index is 13.7. The van der Waals surface area contributed by atoms with Gasteiger partial charge in [0.05, 0.1) is 6.61 Å². The molecule has 0 heterocycles. The lowest BCUT2D eigenvalue weighted by Gasteiger charge is -2.15. The number of hydrogen-bond acceptors (Lipinski definition) is 2. The molecule has 0 aliphatic carbocycles. The van der Waals surface area contributed by atoms with Crippen LogP contribution in [0.4, 0.5) is 4.39 Å². The van der Waals surface area contributed by atoms with E-state index in [1.54, 1.807) is 6.07 Å². The summed E-state index contributed by atoms with van der Waals surface area (Å²) >= 11 is 3.25. The van der Waals surface area contributed by atoms with E-state index in [0.717, 1.165) is 17.6 Å². The summed E-state index contributed by atoms with van der Waals surface area (Å²) in [6.07, 6.45) is 0. The van der Waals surface area contributed by atoms with Crippen LogP contribution in [-0.4, -0.2) is 19.8 Å². The van der Waals surface area contributed by atoms with Crippen LogP contribution in [0.25, 0.3) is 0 Å². The molecule has 4 heteroatoms. The summed E-state index contributed by atoms with van der Waals surface area (Å²) < 4.78 is 19.9. The molecule has 0 aromatic heterocycles. The monoisotopic (exact) mass is 317 g/mol. The van der Waals surface area contributed by atoms with Gasteiger partial charge in [-0.3, -0.25) is 0 Å². The molecular weight excluding hydrogens is 297 g/mol. The van der Waals surface area contributed by atoms with Gasteiger partial charge in [-0.25, -0.2) is 4.39 Å². The average Bonchev–Trinajstić information content (AvgIpc) is 2.27. The molecule has 0 amide bonds. The molecule has 0 saturated heterocycles. The predicted molar refractivity (Wildman–Crippen MR) is 76.2 cm³/mol. The molecule has 1 N–H and O–H groups in total. The van der Waals surface area contributed by atoms with E-state index in [9.17, 15) is 4.39 Å². The van der Waals surface area contributed by atoms with Crippen molar-refractivity contribution in [2.75, 3.05) is 19.8 Å². The van der Waals surface area contributed by atoms with Crippen molar-refractivity contribution in [2.45, 2.75) is 26.8 Å². The summed E-state index contributed by atoms with van der Waals surface area (Å²) in [5.41, 5.74) is 0.682. The molecule has 2 nitrogen and oxygen atoms in total. The maximum Gasteiger partial charge on any atom is 0.129 e. The number of rotatable bonds is 7. The summed E-state index contributed by atoms with van der Waals surface area (Å²) in [7, 11) is 0. The van der Waals surface area contributed by atoms with Crippen LogP contribution in [0.3, 0.4) is 0 Å². The number of hydrogen-bond donors (Lipinski definition) is 1. The summed E-state index contributed by atoms with van der Waals surface area (Å²) in [6.45, 7) is 8.34. The predicted octanol–water partition coefficient (Wildman–Crippen LogP) is 3.91. The van der Waals surface area contributed by atoms with Crippen molar-refractivity contribution in [1.29, 1.82) is 0 Å². The van der Waals surface area contributed by atoms with Crippen LogP contribution in [0.5, 0.6) is 0 Å². The molecule has 0 aliphatic heterocycles. The van der Waals surface area contributed by atoms with Gasteiger partial charge in [0.1, 0.15) is 5.82 Å². The van der Waals surface area contributed by atoms with Gasteiger partial charge < -0.3 is 10.1 Å². The third-order valence-corrected chi connectivity index (χ3v) is 3.07. The van der Waals surface area contributed by atoms with Crippen molar-refractivity contribution >= 4 is 15.9 Å². The third-order valence-electron chi connectivity index (χ3n) is 2.58. The molecule has 1 unspecified atom stereocenters. The first-order valence-corrected chi connectivity index (χ1v) is 7.06. The van der Waals surface area contributed by atoms with Crippen LogP contribution in [-0.2, 0) is 4.74 Å². The molecular formula is C14H21BrFNO. The Hall–Kier alpha value is -0.450. The highest BCUT2D eigenvalue weighted by molar-refractivity contribution is 9.10. The lowest BCUT2D eigenvalue weighted by atomic mass is 10.1. The molecule has 0 saturated carbocycles. The number of ether oxygens (including phenoxy) is 1. The van der Waals surface area contributed by atoms with E-state index in [1.807, 2.05) is 13.0 Å². The number of benzene rings is 1. The topological polar surface area (TPSA) is 21.3 Å². The third kappa shape index (κ3) is 5.46. The standard InChI is InChI=1S/C14H21BrFNO/c1-10(2)9-18-7-6-17-11(3)13-5-4-12(15)8-14(13)16/h4-5,8,10-11,17H,6-7,9H2,1-3H3. The van der Waals surface area contributed by atoms with Crippen LogP contribution in [0.2, 0.25) is 0 Å². The lowest BCUT2D eigenvalue weighted by molar-refractivity contribution is 0.110. The zero-order valence-corrected chi connectivity index (χ0v) is 12.8. The molecule has 1 aromatic rings. The van der Waals surface area contributed by atoms with E-state index in [4.69, 9.17) is 4.74 Å². The van der Waals surface area contributed by atoms with Crippen LogP contribution >= 0.6 is 15.9 Å². The first-order chi connectivity index (χ1) is 8.50. The van der Waals surface area contributed by atoms with Gasteiger partial charge in [0, 0.05) is 29.2 Å². The fraction of sp³-hybridized carbons (Fsp3) is 0.571. The smallest absolute Gasteiger partial charge is 0.129 e. The van der Waals surface area contributed by atoms with E-state index in [1.165, 1.54) is 6.07 Å². The average molecular weight is 318 g/mol. The summed E-state index contributed by atoms with van der Waals surface area (Å²) in [6, 6.07) is 5.13. The van der Waals surface area contributed by atoms with E-state index in [2.05, 4.69) is 35.1 Å². The summed E-state index contributed by atoms with van der Waals surface area (Å²) in [5.74, 6) is 0.360. The molecule has 0 radical (unpaired) electrons. The Bertz CT molecular complexity index is 371. The van der Waals surface area contributed by atoms with Gasteiger partial charge in [-0.2, -0.15) is 0 Å². The Labute approximate surface area is 117 Å². The number of halogens is 2. The molecule has 0 fully saturated rings. The quantitative estimate of drug-likeness (QED) is 0.770. The highest BCUT2D eigenvalue weighted by Gasteiger charge is 2.10. The van der Waals surface area contributed by atoms with Gasteiger partial charge in [0.15, 0.2) is 0 Å². The van der Waals surface area contributed by atoms with Crippen LogP contribution in [0.15, 0.2) is 22.7 Å². The normalized spacial score (nSPS) is 13.0. The minimum absolute atomic E-state index is 0.0132. The van der Waals surface area contributed by atoms with Crippen molar-refractivity contribution in [1.82, 2.24) is 5.32 Å². The second kappa shape index (κ2) is 7.87. The van der Waals surface area contributed by atoms with E-state index >= 15 is 0 Å². The van der Waals surface area contributed by atoms with Crippen molar-refractivity contribution in [3.8, 4) is 0 Å². The fourth-order valence-electron chi connectivity index (χ4n) is 1.63. The van der Waals surface area contributed by atoms with Gasteiger partial charge >= 0.3 is 0 Å². The highest BCUT2D eigenvalue weighted by atomic mass is 79.9. The van der Waals surface area contributed by atoms with Crippen molar-refractivity contribution in [3.05, 3.63) is 34.1 Å². The summed E-state index contributed by atoms with van der Waals surface area (Å²) in [5, 5.41) is 3.25. The molecule has 1 aromatic carbocycles. The number of nitrogens with one attached hydrogen (secondary N) is 1. The van der Waals surface area contributed by atoms with Crippen molar-refractivity contribution in [2.24, 2.45) is 5.92 Å². The van der Waals surface area contributed by atoms with Crippen molar-refractivity contribution in [3.63, 3.8) is 0 Å². The Kier molecular flexibility index (Phi) is 6.82. The van der Waals surface area contributed by atoms with Gasteiger partial charge in [-0.05, 0) is 25.0 Å². The maximum absolute atomic E-state index is 13.7. The Morgan fingerprint density at radius 2 is 2.06 bits per heavy atom. The molecule has 18 heavy (non-hydrogen) atoms. The van der Waals surface area contributed by atoms with E-state index in [0.29, 0.717) is 18.1 Å². The fourth-order valence-corrected chi connectivity index (χ4v) is 1.96. The van der Waals surface area contributed by atoms with Gasteiger partial charge in [-0.1, -0.05) is 35.8 Å². The van der Waals surface area contributed by atoms with Crippen LogP contribution < -0.4 is 5.32 Å².